The molecular weight excluding hydrogens is 390 g/mol. The van der Waals surface area contributed by atoms with Crippen molar-refractivity contribution in [1.82, 2.24) is 19.6 Å². The number of amides is 1. The molecule has 1 aliphatic carbocycles. The smallest absolute Gasteiger partial charge is 0.267 e. The zero-order valence-electron chi connectivity index (χ0n) is 18.7. The predicted molar refractivity (Wildman–Crippen MR) is 123 cm³/mol. The van der Waals surface area contributed by atoms with Gasteiger partial charge in [-0.1, -0.05) is 25.1 Å². The topological polar surface area (TPSA) is 69.0 Å². The van der Waals surface area contributed by atoms with Gasteiger partial charge in [0, 0.05) is 25.8 Å². The molecular formula is C23H31N7O. The number of anilines is 3. The highest BCUT2D eigenvalue weighted by atomic mass is 16.2. The van der Waals surface area contributed by atoms with Gasteiger partial charge in [-0.2, -0.15) is 5.10 Å². The lowest BCUT2D eigenvalue weighted by atomic mass is 10.1. The van der Waals surface area contributed by atoms with E-state index in [2.05, 4.69) is 36.1 Å². The van der Waals surface area contributed by atoms with Crippen molar-refractivity contribution in [2.45, 2.75) is 44.8 Å². The molecule has 1 fully saturated rings. The predicted octanol–water partition coefficient (Wildman–Crippen LogP) is 3.01. The molecule has 0 spiro atoms. The number of guanidine groups is 1. The Labute approximate surface area is 183 Å². The van der Waals surface area contributed by atoms with E-state index < -0.39 is 0 Å². The molecule has 3 unspecified atom stereocenters. The number of hydrogen-bond acceptors (Lipinski definition) is 6. The summed E-state index contributed by atoms with van der Waals surface area (Å²) in [5.41, 5.74) is 1.57. The molecule has 8 heteroatoms. The number of rotatable bonds is 6. The number of nitrogens with one attached hydrogen (secondary N) is 1. The Hall–Kier alpha value is -2.87. The van der Waals surface area contributed by atoms with Crippen molar-refractivity contribution < 1.29 is 4.79 Å². The first-order valence-corrected chi connectivity index (χ1v) is 11.2. The number of para-hydroxylation sites is 1. The number of carbonyl (C=O) groups excluding carboxylic acids is 1. The van der Waals surface area contributed by atoms with Crippen molar-refractivity contribution in [3.05, 3.63) is 35.9 Å². The number of carbonyl (C=O) groups is 1. The highest BCUT2D eigenvalue weighted by molar-refractivity contribution is 6.21. The normalized spacial score (nSPS) is 23.0. The van der Waals surface area contributed by atoms with Crippen LogP contribution in [0.3, 0.4) is 0 Å². The van der Waals surface area contributed by atoms with Crippen LogP contribution in [0.1, 0.15) is 36.5 Å². The fraction of sp³-hybridized carbons (Fsp3) is 0.522. The van der Waals surface area contributed by atoms with Gasteiger partial charge in [0.15, 0.2) is 5.82 Å². The van der Waals surface area contributed by atoms with Crippen molar-refractivity contribution in [1.29, 1.82) is 0 Å². The summed E-state index contributed by atoms with van der Waals surface area (Å²) in [6, 6.07) is 10.5. The van der Waals surface area contributed by atoms with Gasteiger partial charge < -0.3 is 10.2 Å². The molecule has 1 saturated carbocycles. The third kappa shape index (κ3) is 3.39. The van der Waals surface area contributed by atoms with Gasteiger partial charge in [0.25, 0.3) is 5.91 Å². The van der Waals surface area contributed by atoms with Gasteiger partial charge >= 0.3 is 0 Å². The highest BCUT2D eigenvalue weighted by Crippen LogP contribution is 2.43. The minimum absolute atomic E-state index is 0.0464. The first kappa shape index (κ1) is 20.1. The standard InChI is InChI=1S/C23H31N7O/c1-15(13-27(2)3)14-29-21-19(20(26-29)24-16-9-6-5-7-10-16)22(31)28(4)23-25-17-11-8-12-18(17)30(21)23/h5-7,9-10,15,17-18H,8,11-14H2,1-4H3,(H,24,26). The van der Waals surface area contributed by atoms with E-state index in [1.807, 2.05) is 42.1 Å². The van der Waals surface area contributed by atoms with E-state index in [9.17, 15) is 4.79 Å². The fourth-order valence-electron chi connectivity index (χ4n) is 5.23. The van der Waals surface area contributed by atoms with Gasteiger partial charge in [0.2, 0.25) is 5.96 Å². The van der Waals surface area contributed by atoms with Crippen LogP contribution in [-0.2, 0) is 6.54 Å². The van der Waals surface area contributed by atoms with E-state index in [0.717, 1.165) is 43.4 Å². The molecule has 1 aromatic heterocycles. The summed E-state index contributed by atoms with van der Waals surface area (Å²) in [6.07, 6.45) is 3.36. The second-order valence-electron chi connectivity index (χ2n) is 9.32. The van der Waals surface area contributed by atoms with Crippen molar-refractivity contribution in [3.8, 4) is 0 Å². The summed E-state index contributed by atoms with van der Waals surface area (Å²) < 4.78 is 2.04. The maximum Gasteiger partial charge on any atom is 0.267 e. The lowest BCUT2D eigenvalue weighted by molar-refractivity contribution is 0.0865. The van der Waals surface area contributed by atoms with Gasteiger partial charge in [-0.3, -0.25) is 14.6 Å². The largest absolute Gasteiger partial charge is 0.338 e. The first-order chi connectivity index (χ1) is 14.9. The third-order valence-corrected chi connectivity index (χ3v) is 6.44. The minimum Gasteiger partial charge on any atom is -0.338 e. The molecule has 1 aromatic carbocycles. The summed E-state index contributed by atoms with van der Waals surface area (Å²) in [4.78, 5) is 24.6. The molecule has 164 valence electrons. The van der Waals surface area contributed by atoms with Crippen molar-refractivity contribution in [3.63, 3.8) is 0 Å². The first-order valence-electron chi connectivity index (χ1n) is 11.2. The molecule has 2 aliphatic heterocycles. The van der Waals surface area contributed by atoms with E-state index in [0.29, 0.717) is 23.3 Å². The quantitative estimate of drug-likeness (QED) is 0.777. The van der Waals surface area contributed by atoms with Gasteiger partial charge in [-0.05, 0) is 51.4 Å². The van der Waals surface area contributed by atoms with E-state index in [4.69, 9.17) is 10.1 Å². The van der Waals surface area contributed by atoms with Crippen LogP contribution in [-0.4, -0.2) is 71.2 Å². The maximum absolute atomic E-state index is 13.5. The molecule has 3 aliphatic rings. The van der Waals surface area contributed by atoms with E-state index >= 15 is 0 Å². The number of hydrogen-bond donors (Lipinski definition) is 1. The van der Waals surface area contributed by atoms with Crippen molar-refractivity contribution in [2.24, 2.45) is 10.9 Å². The Bertz CT molecular complexity index is 1010. The SMILES string of the molecule is CC(CN(C)C)Cn1nc(Nc2ccccc2)c2c1N1C(=NC3CCCC31)N(C)C2=O. The van der Waals surface area contributed by atoms with Gasteiger partial charge in [-0.25, -0.2) is 9.67 Å². The molecule has 0 saturated heterocycles. The summed E-state index contributed by atoms with van der Waals surface area (Å²) in [7, 11) is 6.00. The Balaban J connectivity index is 1.61. The fourth-order valence-corrected chi connectivity index (χ4v) is 5.23. The minimum atomic E-state index is -0.0464. The number of aromatic nitrogens is 2. The molecule has 1 N–H and O–H groups in total. The molecule has 5 rings (SSSR count). The average Bonchev–Trinajstić information content (AvgIpc) is 3.40. The molecule has 1 amide bonds. The lowest BCUT2D eigenvalue weighted by Crippen LogP contribution is -2.52. The van der Waals surface area contributed by atoms with Gasteiger partial charge in [-0.15, -0.1) is 0 Å². The highest BCUT2D eigenvalue weighted by Gasteiger charge is 2.49. The number of fused-ring (bicyclic) bond motifs is 5. The van der Waals surface area contributed by atoms with Crippen LogP contribution < -0.4 is 10.2 Å². The molecule has 0 radical (unpaired) electrons. The van der Waals surface area contributed by atoms with E-state index in [1.165, 1.54) is 6.42 Å². The van der Waals surface area contributed by atoms with E-state index in [-0.39, 0.29) is 11.9 Å². The molecule has 31 heavy (non-hydrogen) atoms. The maximum atomic E-state index is 13.5. The Morgan fingerprint density at radius 3 is 2.74 bits per heavy atom. The van der Waals surface area contributed by atoms with E-state index in [1.54, 1.807) is 4.90 Å². The summed E-state index contributed by atoms with van der Waals surface area (Å²) in [5, 5.41) is 8.34. The van der Waals surface area contributed by atoms with Crippen LogP contribution in [0.25, 0.3) is 0 Å². The Morgan fingerprint density at radius 2 is 2.00 bits per heavy atom. The van der Waals surface area contributed by atoms with Crippen LogP contribution in [0.2, 0.25) is 0 Å². The van der Waals surface area contributed by atoms with Crippen molar-refractivity contribution in [2.75, 3.05) is 37.9 Å². The molecule has 0 bridgehead atoms. The number of aliphatic imine (C=N–C) groups is 1. The Morgan fingerprint density at radius 1 is 1.23 bits per heavy atom. The average molecular weight is 422 g/mol. The van der Waals surface area contributed by atoms with Crippen LogP contribution in [0.15, 0.2) is 35.3 Å². The second-order valence-corrected chi connectivity index (χ2v) is 9.32. The Kier molecular flexibility index (Phi) is 4.97. The summed E-state index contributed by atoms with van der Waals surface area (Å²) in [6.45, 7) is 3.93. The zero-order chi connectivity index (χ0) is 21.7. The zero-order valence-corrected chi connectivity index (χ0v) is 18.7. The lowest BCUT2D eigenvalue weighted by Gasteiger charge is -2.36. The summed E-state index contributed by atoms with van der Waals surface area (Å²) in [5.74, 6) is 2.64. The van der Waals surface area contributed by atoms with Crippen LogP contribution >= 0.6 is 0 Å². The molecule has 3 atom stereocenters. The summed E-state index contributed by atoms with van der Waals surface area (Å²) >= 11 is 0. The monoisotopic (exact) mass is 421 g/mol. The molecule has 8 nitrogen and oxygen atoms in total. The van der Waals surface area contributed by atoms with Gasteiger partial charge in [0.05, 0.1) is 12.1 Å². The van der Waals surface area contributed by atoms with Gasteiger partial charge in [0.1, 0.15) is 11.4 Å². The third-order valence-electron chi connectivity index (χ3n) is 6.44. The van der Waals surface area contributed by atoms with Crippen LogP contribution in [0, 0.1) is 5.92 Å². The number of benzene rings is 1. The van der Waals surface area contributed by atoms with Crippen molar-refractivity contribution >= 4 is 29.2 Å². The molecule has 3 heterocycles. The molecule has 2 aromatic rings. The van der Waals surface area contributed by atoms with Crippen LogP contribution in [0.4, 0.5) is 17.3 Å². The second kappa shape index (κ2) is 7.67. The van der Waals surface area contributed by atoms with Crippen LogP contribution in [0.5, 0.6) is 0 Å². The number of nitrogens with zero attached hydrogens (tertiary/aromatic N) is 6.